The van der Waals surface area contributed by atoms with Crippen molar-refractivity contribution in [1.82, 2.24) is 9.97 Å². The Labute approximate surface area is 105 Å². The molecule has 0 bridgehead atoms. The molecule has 0 saturated heterocycles. The van der Waals surface area contributed by atoms with Crippen LogP contribution in [0.4, 0.5) is 0 Å². The first-order valence-electron chi connectivity index (χ1n) is 5.88. The number of para-hydroxylation sites is 1. The van der Waals surface area contributed by atoms with Crippen LogP contribution in [-0.2, 0) is 0 Å². The Bertz CT molecular complexity index is 584. The fraction of sp³-hybridized carbons (Fsp3) is 0.214. The van der Waals surface area contributed by atoms with E-state index in [0.29, 0.717) is 18.1 Å². The second-order valence-electron chi connectivity index (χ2n) is 4.19. The molecule has 1 aromatic heterocycles. The van der Waals surface area contributed by atoms with Crippen molar-refractivity contribution in [1.29, 1.82) is 0 Å². The predicted octanol–water partition coefficient (Wildman–Crippen LogP) is 2.20. The normalized spacial score (nSPS) is 17.7. The average Bonchev–Trinajstić information content (AvgIpc) is 2.47. The molecule has 0 aliphatic carbocycles. The number of fused-ring (bicyclic) bond motifs is 1. The third-order valence-electron chi connectivity index (χ3n) is 3.09. The molecule has 1 aromatic carbocycles. The molecule has 1 atom stereocenters. The van der Waals surface area contributed by atoms with Crippen LogP contribution in [0, 0.1) is 0 Å². The molecule has 2 heterocycles. The number of aromatic nitrogens is 2. The minimum absolute atomic E-state index is 0.106. The third kappa shape index (κ3) is 1.86. The van der Waals surface area contributed by atoms with Gasteiger partial charge in [0, 0.05) is 11.8 Å². The van der Waals surface area contributed by atoms with Gasteiger partial charge in [-0.2, -0.15) is 0 Å². The van der Waals surface area contributed by atoms with Crippen LogP contribution in [0.2, 0.25) is 0 Å². The molecule has 0 N–H and O–H groups in total. The van der Waals surface area contributed by atoms with Gasteiger partial charge < -0.3 is 4.74 Å². The highest BCUT2D eigenvalue weighted by Gasteiger charge is 2.24. The molecule has 1 aliphatic heterocycles. The maximum atomic E-state index is 10.8. The van der Waals surface area contributed by atoms with E-state index in [1.165, 1.54) is 0 Å². The van der Waals surface area contributed by atoms with E-state index in [1.54, 1.807) is 12.3 Å². The number of rotatable bonds is 2. The van der Waals surface area contributed by atoms with Crippen molar-refractivity contribution < 1.29 is 9.53 Å². The largest absolute Gasteiger partial charge is 0.493 e. The Morgan fingerprint density at radius 3 is 3.06 bits per heavy atom. The second kappa shape index (κ2) is 4.56. The lowest BCUT2D eigenvalue weighted by Gasteiger charge is -2.24. The molecule has 0 saturated carbocycles. The van der Waals surface area contributed by atoms with Gasteiger partial charge in [0.1, 0.15) is 17.3 Å². The Morgan fingerprint density at radius 2 is 2.17 bits per heavy atom. The fourth-order valence-electron chi connectivity index (χ4n) is 2.23. The molecule has 2 aromatic rings. The molecule has 3 rings (SSSR count). The number of aldehydes is 1. The van der Waals surface area contributed by atoms with E-state index in [4.69, 9.17) is 4.74 Å². The summed E-state index contributed by atoms with van der Waals surface area (Å²) in [6.07, 6.45) is 3.21. The van der Waals surface area contributed by atoms with E-state index in [0.717, 1.165) is 24.0 Å². The van der Waals surface area contributed by atoms with Gasteiger partial charge in [-0.15, -0.1) is 0 Å². The minimum atomic E-state index is 0.106. The molecular weight excluding hydrogens is 228 g/mol. The van der Waals surface area contributed by atoms with Crippen molar-refractivity contribution in [2.75, 3.05) is 6.61 Å². The van der Waals surface area contributed by atoms with Crippen molar-refractivity contribution in [3.8, 4) is 5.75 Å². The lowest BCUT2D eigenvalue weighted by Crippen LogP contribution is -2.17. The van der Waals surface area contributed by atoms with Crippen LogP contribution < -0.4 is 4.74 Å². The fourth-order valence-corrected chi connectivity index (χ4v) is 2.23. The molecule has 4 heteroatoms. The number of hydrogen-bond acceptors (Lipinski definition) is 4. The molecule has 1 aliphatic rings. The summed E-state index contributed by atoms with van der Waals surface area (Å²) in [5.74, 6) is 1.68. The van der Waals surface area contributed by atoms with Gasteiger partial charge >= 0.3 is 0 Å². The average molecular weight is 240 g/mol. The van der Waals surface area contributed by atoms with Gasteiger partial charge in [0.2, 0.25) is 0 Å². The standard InChI is InChI=1S/C14H12N2O2/c17-9-10-5-7-15-14(16-10)12-6-8-18-13-4-2-1-3-11(12)13/h1-5,7,9,12H,6,8H2. The number of carbonyl (C=O) groups excluding carboxylic acids is 1. The zero-order valence-electron chi connectivity index (χ0n) is 9.74. The maximum absolute atomic E-state index is 10.8. The zero-order chi connectivity index (χ0) is 12.4. The Morgan fingerprint density at radius 1 is 1.28 bits per heavy atom. The summed E-state index contributed by atoms with van der Waals surface area (Å²) >= 11 is 0. The van der Waals surface area contributed by atoms with Crippen LogP contribution in [0.5, 0.6) is 5.75 Å². The number of nitrogens with zero attached hydrogens (tertiary/aromatic N) is 2. The van der Waals surface area contributed by atoms with Gasteiger partial charge in [0.25, 0.3) is 0 Å². The quantitative estimate of drug-likeness (QED) is 0.755. The first-order chi connectivity index (χ1) is 8.88. The third-order valence-corrected chi connectivity index (χ3v) is 3.09. The summed E-state index contributed by atoms with van der Waals surface area (Å²) in [6, 6.07) is 9.51. The summed E-state index contributed by atoms with van der Waals surface area (Å²) in [4.78, 5) is 19.3. The van der Waals surface area contributed by atoms with Crippen molar-refractivity contribution >= 4 is 6.29 Å². The summed E-state index contributed by atoms with van der Waals surface area (Å²) in [5, 5.41) is 0. The molecule has 1 unspecified atom stereocenters. The van der Waals surface area contributed by atoms with Crippen LogP contribution in [0.25, 0.3) is 0 Å². The molecule has 4 nitrogen and oxygen atoms in total. The molecule has 0 spiro atoms. The monoisotopic (exact) mass is 240 g/mol. The summed E-state index contributed by atoms with van der Waals surface area (Å²) < 4.78 is 5.61. The van der Waals surface area contributed by atoms with E-state index >= 15 is 0 Å². The molecule has 18 heavy (non-hydrogen) atoms. The van der Waals surface area contributed by atoms with E-state index in [2.05, 4.69) is 9.97 Å². The van der Waals surface area contributed by atoms with Crippen LogP contribution in [0.1, 0.15) is 34.2 Å². The maximum Gasteiger partial charge on any atom is 0.168 e. The van der Waals surface area contributed by atoms with E-state index < -0.39 is 0 Å². The second-order valence-corrected chi connectivity index (χ2v) is 4.19. The Kier molecular flexibility index (Phi) is 2.76. The smallest absolute Gasteiger partial charge is 0.168 e. The van der Waals surface area contributed by atoms with Gasteiger partial charge in [-0.25, -0.2) is 9.97 Å². The molecule has 0 radical (unpaired) electrons. The van der Waals surface area contributed by atoms with E-state index in [-0.39, 0.29) is 5.92 Å². The lowest BCUT2D eigenvalue weighted by atomic mass is 9.92. The molecular formula is C14H12N2O2. The summed E-state index contributed by atoms with van der Waals surface area (Å²) in [5.41, 5.74) is 1.51. The van der Waals surface area contributed by atoms with Crippen LogP contribution in [0.15, 0.2) is 36.5 Å². The number of hydrogen-bond donors (Lipinski definition) is 0. The van der Waals surface area contributed by atoms with Gasteiger partial charge in [-0.3, -0.25) is 4.79 Å². The highest BCUT2D eigenvalue weighted by Crippen LogP contribution is 2.36. The van der Waals surface area contributed by atoms with E-state index in [9.17, 15) is 4.79 Å². The summed E-state index contributed by atoms with van der Waals surface area (Å²) in [7, 11) is 0. The molecule has 90 valence electrons. The topological polar surface area (TPSA) is 52.1 Å². The number of carbonyl (C=O) groups is 1. The van der Waals surface area contributed by atoms with Crippen molar-refractivity contribution in [3.05, 3.63) is 53.6 Å². The van der Waals surface area contributed by atoms with E-state index in [1.807, 2.05) is 24.3 Å². The van der Waals surface area contributed by atoms with Crippen LogP contribution >= 0.6 is 0 Å². The van der Waals surface area contributed by atoms with Crippen LogP contribution in [-0.4, -0.2) is 22.9 Å². The van der Waals surface area contributed by atoms with Gasteiger partial charge in [-0.1, -0.05) is 18.2 Å². The Hall–Kier alpha value is -2.23. The summed E-state index contributed by atoms with van der Waals surface area (Å²) in [6.45, 7) is 0.649. The molecule has 0 amide bonds. The van der Waals surface area contributed by atoms with Gasteiger partial charge in [0.15, 0.2) is 6.29 Å². The highest BCUT2D eigenvalue weighted by atomic mass is 16.5. The van der Waals surface area contributed by atoms with Crippen molar-refractivity contribution in [3.63, 3.8) is 0 Å². The van der Waals surface area contributed by atoms with Crippen LogP contribution in [0.3, 0.4) is 0 Å². The zero-order valence-corrected chi connectivity index (χ0v) is 9.74. The number of benzene rings is 1. The molecule has 0 fully saturated rings. The first-order valence-corrected chi connectivity index (χ1v) is 5.88. The number of ether oxygens (including phenoxy) is 1. The van der Waals surface area contributed by atoms with Crippen molar-refractivity contribution in [2.45, 2.75) is 12.3 Å². The minimum Gasteiger partial charge on any atom is -0.493 e. The lowest BCUT2D eigenvalue weighted by molar-refractivity contribution is 0.111. The van der Waals surface area contributed by atoms with Gasteiger partial charge in [0.05, 0.1) is 12.5 Å². The Balaban J connectivity index is 2.05. The van der Waals surface area contributed by atoms with Gasteiger partial charge in [-0.05, 0) is 18.6 Å². The predicted molar refractivity (Wildman–Crippen MR) is 65.8 cm³/mol. The SMILES string of the molecule is O=Cc1ccnc(C2CCOc3ccccc32)n1. The highest BCUT2D eigenvalue weighted by molar-refractivity contribution is 5.71. The first kappa shape index (κ1) is 10.9. The van der Waals surface area contributed by atoms with Crippen molar-refractivity contribution in [2.24, 2.45) is 0 Å².